The molecule has 0 atom stereocenters. The van der Waals surface area contributed by atoms with Crippen molar-refractivity contribution in [3.05, 3.63) is 164 Å². The zero-order valence-electron chi connectivity index (χ0n) is 24.4. The van der Waals surface area contributed by atoms with Crippen LogP contribution in [0.3, 0.4) is 0 Å². The fourth-order valence-corrected chi connectivity index (χ4v) is 11.8. The number of nitrogens with zero attached hydrogens (tertiary/aromatic N) is 3. The first-order valence-electron chi connectivity index (χ1n) is 14.9. The van der Waals surface area contributed by atoms with E-state index in [1.807, 2.05) is 19.2 Å². The molecule has 1 N–H and O–H groups in total. The van der Waals surface area contributed by atoms with Crippen LogP contribution < -0.4 is 25.8 Å². The minimum Gasteiger partial charge on any atom is -0.310 e. The summed E-state index contributed by atoms with van der Waals surface area (Å²) in [5, 5.41) is 12.9. The summed E-state index contributed by atoms with van der Waals surface area (Å²) in [6, 6.07) is 54.7. The first-order chi connectivity index (χ1) is 21.7. The van der Waals surface area contributed by atoms with Crippen molar-refractivity contribution in [2.75, 3.05) is 4.90 Å². The number of para-hydroxylation sites is 1. The van der Waals surface area contributed by atoms with Crippen LogP contribution in [0.5, 0.6) is 0 Å². The summed E-state index contributed by atoms with van der Waals surface area (Å²) in [5.74, 6) is 0. The molecule has 0 bridgehead atoms. The zero-order valence-corrected chi connectivity index (χ0v) is 25.4. The van der Waals surface area contributed by atoms with Crippen LogP contribution in [0.2, 0.25) is 0 Å². The van der Waals surface area contributed by atoms with E-state index in [2.05, 4.69) is 161 Å². The lowest BCUT2D eigenvalue weighted by Gasteiger charge is -2.32. The highest BCUT2D eigenvalue weighted by atomic mass is 28.3. The molecule has 0 saturated carbocycles. The van der Waals surface area contributed by atoms with Gasteiger partial charge in [-0.3, -0.25) is 10.1 Å². The van der Waals surface area contributed by atoms with Gasteiger partial charge in [0.15, 0.2) is 0 Å². The summed E-state index contributed by atoms with van der Waals surface area (Å²) in [6.45, 7) is 2.03. The number of rotatable bonds is 6. The number of nitrogens with one attached hydrogen (secondary N) is 1. The van der Waals surface area contributed by atoms with Crippen molar-refractivity contribution < 1.29 is 0 Å². The monoisotopic (exact) mass is 582 g/mol. The van der Waals surface area contributed by atoms with E-state index in [0.717, 1.165) is 39.3 Å². The molecule has 0 unspecified atom stereocenters. The topological polar surface area (TPSA) is 44.8 Å². The summed E-state index contributed by atoms with van der Waals surface area (Å²) in [5.41, 5.74) is 8.95. The summed E-state index contributed by atoms with van der Waals surface area (Å²) in [7, 11) is -2.72. The number of aromatic nitrogens is 3. The Kier molecular flexibility index (Phi) is 6.32. The Morgan fingerprint density at radius 2 is 1.20 bits per heavy atom. The van der Waals surface area contributed by atoms with Crippen molar-refractivity contribution in [3.63, 3.8) is 0 Å². The number of anilines is 3. The van der Waals surface area contributed by atoms with Gasteiger partial charge in [0.25, 0.3) is 0 Å². The summed E-state index contributed by atoms with van der Waals surface area (Å²) >= 11 is 0. The minimum atomic E-state index is -2.72. The molecular formula is C39H30N4Si. The van der Waals surface area contributed by atoms with Gasteiger partial charge in [-0.15, -0.1) is 0 Å². The maximum Gasteiger partial charge on any atom is 0.203 e. The van der Waals surface area contributed by atoms with Gasteiger partial charge in [0.1, 0.15) is 0 Å². The lowest BCUT2D eigenvalue weighted by atomic mass is 10.1. The SMILES string of the molecule is Cc1cc(-c2cccc(N(c3ccccc3)c3cccc([Si]4(c5ccccn5)c5ccccc5-c5ccccc54)c3)c2)n[nH]1. The Balaban J connectivity index is 1.37. The number of fused-ring (bicyclic) bond motifs is 3. The number of benzene rings is 5. The first-order valence-corrected chi connectivity index (χ1v) is 16.9. The zero-order chi connectivity index (χ0) is 29.5. The molecule has 0 fully saturated rings. The second-order valence-corrected chi connectivity index (χ2v) is 14.9. The Bertz CT molecular complexity index is 2060. The quantitative estimate of drug-likeness (QED) is 0.225. The molecule has 7 aromatic rings. The van der Waals surface area contributed by atoms with Gasteiger partial charge < -0.3 is 4.90 Å². The first kappa shape index (κ1) is 26.1. The highest BCUT2D eigenvalue weighted by Crippen LogP contribution is 2.36. The molecule has 0 amide bonds. The number of aromatic amines is 1. The van der Waals surface area contributed by atoms with Gasteiger partial charge in [0, 0.05) is 39.8 Å². The average molecular weight is 583 g/mol. The van der Waals surface area contributed by atoms with E-state index in [-0.39, 0.29) is 0 Å². The van der Waals surface area contributed by atoms with Crippen molar-refractivity contribution in [1.82, 2.24) is 15.2 Å². The molecule has 8 rings (SSSR count). The molecule has 5 aromatic carbocycles. The van der Waals surface area contributed by atoms with Crippen molar-refractivity contribution >= 4 is 46.0 Å². The van der Waals surface area contributed by atoms with E-state index in [1.54, 1.807) is 0 Å². The average Bonchev–Trinajstić information content (AvgIpc) is 3.66. The van der Waals surface area contributed by atoms with Gasteiger partial charge in [-0.25, -0.2) is 0 Å². The number of hydrogen-bond donors (Lipinski definition) is 1. The minimum absolute atomic E-state index is 0.937. The Labute approximate surface area is 258 Å². The normalized spacial score (nSPS) is 12.8. The van der Waals surface area contributed by atoms with Crippen LogP contribution >= 0.6 is 0 Å². The van der Waals surface area contributed by atoms with Crippen LogP contribution in [0.1, 0.15) is 5.69 Å². The molecule has 2 aromatic heterocycles. The van der Waals surface area contributed by atoms with Crippen LogP contribution in [-0.2, 0) is 0 Å². The second kappa shape index (κ2) is 10.6. The van der Waals surface area contributed by atoms with Crippen molar-refractivity contribution in [3.8, 4) is 22.4 Å². The van der Waals surface area contributed by atoms with E-state index in [0.29, 0.717) is 0 Å². The van der Waals surface area contributed by atoms with Gasteiger partial charge in [-0.2, -0.15) is 5.10 Å². The fourth-order valence-electron chi connectivity index (χ4n) is 6.83. The Morgan fingerprint density at radius 3 is 1.89 bits per heavy atom. The summed E-state index contributed by atoms with van der Waals surface area (Å²) < 4.78 is 0. The number of H-pyrrole nitrogens is 1. The van der Waals surface area contributed by atoms with Gasteiger partial charge in [-0.1, -0.05) is 97.1 Å². The third-order valence-corrected chi connectivity index (χ3v) is 13.4. The molecule has 0 saturated heterocycles. The van der Waals surface area contributed by atoms with Crippen molar-refractivity contribution in [1.29, 1.82) is 0 Å². The third kappa shape index (κ3) is 4.13. The van der Waals surface area contributed by atoms with Crippen molar-refractivity contribution in [2.45, 2.75) is 6.92 Å². The molecule has 0 aliphatic carbocycles. The van der Waals surface area contributed by atoms with Crippen LogP contribution in [0.25, 0.3) is 22.4 Å². The lowest BCUT2D eigenvalue weighted by Crippen LogP contribution is -2.73. The molecular weight excluding hydrogens is 553 g/mol. The Morgan fingerprint density at radius 1 is 0.568 bits per heavy atom. The molecule has 0 radical (unpaired) electrons. The van der Waals surface area contributed by atoms with E-state index in [9.17, 15) is 0 Å². The number of aryl methyl sites for hydroxylation is 1. The van der Waals surface area contributed by atoms with Crippen molar-refractivity contribution in [2.24, 2.45) is 0 Å². The summed E-state index contributed by atoms with van der Waals surface area (Å²) in [6.07, 6.45) is 1.94. The number of hydrogen-bond acceptors (Lipinski definition) is 3. The maximum atomic E-state index is 5.08. The second-order valence-electron chi connectivity index (χ2n) is 11.3. The van der Waals surface area contributed by atoms with Gasteiger partial charge in [-0.05, 0) is 88.2 Å². The van der Waals surface area contributed by atoms with Crippen LogP contribution in [0.4, 0.5) is 17.1 Å². The molecule has 3 heterocycles. The Hall–Kier alpha value is -5.52. The summed E-state index contributed by atoms with van der Waals surface area (Å²) in [4.78, 5) is 7.43. The van der Waals surface area contributed by atoms with E-state index in [4.69, 9.17) is 4.98 Å². The lowest BCUT2D eigenvalue weighted by molar-refractivity contribution is 1.05. The molecule has 210 valence electrons. The largest absolute Gasteiger partial charge is 0.310 e. The van der Waals surface area contributed by atoms with Gasteiger partial charge in [0.05, 0.1) is 5.69 Å². The fraction of sp³-hybridized carbons (Fsp3) is 0.0256. The van der Waals surface area contributed by atoms with Gasteiger partial charge >= 0.3 is 0 Å². The highest BCUT2D eigenvalue weighted by molar-refractivity contribution is 7.21. The van der Waals surface area contributed by atoms with E-state index >= 15 is 0 Å². The van der Waals surface area contributed by atoms with E-state index in [1.165, 1.54) is 26.7 Å². The standard InChI is InChI=1S/C39H30N4Si/c1-28-25-36(42-41-28)29-13-11-16-31(26-29)43(30-14-3-2-4-15-30)32-17-12-18-33(27-32)44(39-23-9-10-24-40-39)37-21-7-5-19-34(37)35-20-6-8-22-38(35)44/h2-27H,1H3,(H,41,42). The molecule has 4 nitrogen and oxygen atoms in total. The molecule has 0 spiro atoms. The van der Waals surface area contributed by atoms with Crippen LogP contribution in [-0.4, -0.2) is 23.3 Å². The molecule has 44 heavy (non-hydrogen) atoms. The predicted octanol–water partition coefficient (Wildman–Crippen LogP) is 6.61. The molecule has 1 aliphatic heterocycles. The van der Waals surface area contributed by atoms with Gasteiger partial charge in [0.2, 0.25) is 8.07 Å². The molecule has 5 heteroatoms. The third-order valence-electron chi connectivity index (χ3n) is 8.66. The molecule has 1 aliphatic rings. The predicted molar refractivity (Wildman–Crippen MR) is 184 cm³/mol. The number of pyridine rings is 1. The highest BCUT2D eigenvalue weighted by Gasteiger charge is 2.49. The van der Waals surface area contributed by atoms with Crippen LogP contribution in [0.15, 0.2) is 158 Å². The smallest absolute Gasteiger partial charge is 0.203 e. The maximum absolute atomic E-state index is 5.08. The van der Waals surface area contributed by atoms with E-state index < -0.39 is 8.07 Å². The van der Waals surface area contributed by atoms with Crippen LogP contribution in [0, 0.1) is 6.92 Å².